The van der Waals surface area contributed by atoms with E-state index in [9.17, 15) is 14.4 Å². The average Bonchev–Trinajstić information content (AvgIpc) is 3.20. The lowest BCUT2D eigenvalue weighted by Crippen LogP contribution is -2.35. The summed E-state index contributed by atoms with van der Waals surface area (Å²) in [4.78, 5) is 37.8. The number of benzene rings is 2. The maximum absolute atomic E-state index is 12.3. The van der Waals surface area contributed by atoms with Gasteiger partial charge in [-0.05, 0) is 30.2 Å². The molecule has 0 spiro atoms. The summed E-state index contributed by atoms with van der Waals surface area (Å²) in [5.74, 6) is -0.874. The van der Waals surface area contributed by atoms with Gasteiger partial charge in [0, 0.05) is 24.9 Å². The minimum Gasteiger partial charge on any atom is -0.464 e. The van der Waals surface area contributed by atoms with Gasteiger partial charge < -0.3 is 9.73 Å². The van der Waals surface area contributed by atoms with Crippen molar-refractivity contribution in [3.05, 3.63) is 71.5 Å². The van der Waals surface area contributed by atoms with Gasteiger partial charge in [0.15, 0.2) is 0 Å². The summed E-state index contributed by atoms with van der Waals surface area (Å²) < 4.78 is 5.48. The lowest BCUT2D eigenvalue weighted by atomic mass is 10.1. The highest BCUT2D eigenvalue weighted by Crippen LogP contribution is 2.22. The monoisotopic (exact) mass is 362 g/mol. The maximum atomic E-state index is 12.3. The third-order valence-electron chi connectivity index (χ3n) is 4.72. The molecule has 0 bridgehead atoms. The summed E-state index contributed by atoms with van der Waals surface area (Å²) >= 11 is 0. The van der Waals surface area contributed by atoms with E-state index in [4.69, 9.17) is 4.42 Å². The highest BCUT2D eigenvalue weighted by molar-refractivity contribution is 6.21. The molecular weight excluding hydrogens is 344 g/mol. The van der Waals surface area contributed by atoms with E-state index >= 15 is 0 Å². The van der Waals surface area contributed by atoms with E-state index in [1.807, 2.05) is 24.3 Å². The number of nitrogens with zero attached hydrogens (tertiary/aromatic N) is 1. The van der Waals surface area contributed by atoms with Crippen LogP contribution in [0.4, 0.5) is 0 Å². The van der Waals surface area contributed by atoms with Crippen LogP contribution in [0.2, 0.25) is 0 Å². The van der Waals surface area contributed by atoms with Crippen molar-refractivity contribution in [1.82, 2.24) is 10.2 Å². The number of carbonyl (C=O) groups excluding carboxylic acids is 3. The van der Waals surface area contributed by atoms with E-state index in [1.165, 1.54) is 0 Å². The molecule has 1 aliphatic heterocycles. The number of furan rings is 1. The van der Waals surface area contributed by atoms with Crippen molar-refractivity contribution in [3.8, 4) is 0 Å². The molecule has 0 saturated heterocycles. The van der Waals surface area contributed by atoms with Gasteiger partial charge in [-0.3, -0.25) is 19.3 Å². The van der Waals surface area contributed by atoms with E-state index in [1.54, 1.807) is 30.5 Å². The molecule has 6 nitrogen and oxygen atoms in total. The van der Waals surface area contributed by atoms with Gasteiger partial charge in [0.05, 0.1) is 17.4 Å². The summed E-state index contributed by atoms with van der Waals surface area (Å²) in [6.07, 6.45) is 2.43. The normalized spacial score (nSPS) is 13.3. The van der Waals surface area contributed by atoms with Gasteiger partial charge in [-0.25, -0.2) is 0 Å². The largest absolute Gasteiger partial charge is 0.464 e. The summed E-state index contributed by atoms with van der Waals surface area (Å²) in [6, 6.07) is 14.5. The van der Waals surface area contributed by atoms with Crippen LogP contribution in [-0.2, 0) is 11.2 Å². The fourth-order valence-electron chi connectivity index (χ4n) is 3.31. The van der Waals surface area contributed by atoms with Crippen LogP contribution in [0.25, 0.3) is 11.0 Å². The lowest BCUT2D eigenvalue weighted by Gasteiger charge is -2.13. The zero-order chi connectivity index (χ0) is 18.8. The van der Waals surface area contributed by atoms with Crippen LogP contribution in [0.5, 0.6) is 0 Å². The van der Waals surface area contributed by atoms with Crippen LogP contribution < -0.4 is 5.32 Å². The van der Waals surface area contributed by atoms with Crippen LogP contribution in [0.1, 0.15) is 32.7 Å². The summed E-state index contributed by atoms with van der Waals surface area (Å²) in [7, 11) is 0. The molecule has 6 heteroatoms. The number of imide groups is 1. The number of rotatable bonds is 6. The van der Waals surface area contributed by atoms with Gasteiger partial charge in [-0.15, -0.1) is 0 Å². The lowest BCUT2D eigenvalue weighted by molar-refractivity contribution is -0.121. The number of hydrogen-bond acceptors (Lipinski definition) is 4. The minimum atomic E-state index is -0.340. The Morgan fingerprint density at radius 3 is 2.37 bits per heavy atom. The predicted octanol–water partition coefficient (Wildman–Crippen LogP) is 2.78. The van der Waals surface area contributed by atoms with Crippen molar-refractivity contribution in [3.63, 3.8) is 0 Å². The van der Waals surface area contributed by atoms with Crippen LogP contribution in [0.3, 0.4) is 0 Å². The van der Waals surface area contributed by atoms with E-state index in [0.29, 0.717) is 24.1 Å². The Balaban J connectivity index is 1.28. The fourth-order valence-corrected chi connectivity index (χ4v) is 3.31. The van der Waals surface area contributed by atoms with Gasteiger partial charge in [0.1, 0.15) is 5.58 Å². The van der Waals surface area contributed by atoms with Gasteiger partial charge in [0.2, 0.25) is 5.91 Å². The first-order valence-corrected chi connectivity index (χ1v) is 8.82. The Morgan fingerprint density at radius 1 is 0.963 bits per heavy atom. The summed E-state index contributed by atoms with van der Waals surface area (Å²) in [5.41, 5.74) is 2.65. The Hall–Kier alpha value is -3.41. The van der Waals surface area contributed by atoms with Crippen molar-refractivity contribution >= 4 is 28.7 Å². The van der Waals surface area contributed by atoms with E-state index in [0.717, 1.165) is 21.4 Å². The Kier molecular flexibility index (Phi) is 4.46. The molecule has 0 aliphatic carbocycles. The quantitative estimate of drug-likeness (QED) is 0.684. The molecule has 3 amide bonds. The molecule has 0 radical (unpaired) electrons. The maximum Gasteiger partial charge on any atom is 0.261 e. The van der Waals surface area contributed by atoms with Crippen molar-refractivity contribution in [2.75, 3.05) is 13.1 Å². The molecule has 0 unspecified atom stereocenters. The molecule has 3 aromatic rings. The van der Waals surface area contributed by atoms with Crippen LogP contribution in [-0.4, -0.2) is 35.7 Å². The third-order valence-corrected chi connectivity index (χ3v) is 4.72. The minimum absolute atomic E-state index is 0.0762. The zero-order valence-corrected chi connectivity index (χ0v) is 14.6. The van der Waals surface area contributed by atoms with Crippen molar-refractivity contribution in [2.24, 2.45) is 0 Å². The number of para-hydroxylation sites is 1. The second-order valence-electron chi connectivity index (χ2n) is 6.41. The Labute approximate surface area is 155 Å². The first-order valence-electron chi connectivity index (χ1n) is 8.82. The zero-order valence-electron chi connectivity index (χ0n) is 14.6. The third kappa shape index (κ3) is 3.21. The van der Waals surface area contributed by atoms with Crippen molar-refractivity contribution < 1.29 is 18.8 Å². The smallest absolute Gasteiger partial charge is 0.261 e. The van der Waals surface area contributed by atoms with Crippen LogP contribution >= 0.6 is 0 Å². The molecule has 1 aromatic heterocycles. The standard InChI is InChI=1S/C21H18N2O4/c24-19(22-11-9-14-13-27-18-8-4-3-5-15(14)18)10-12-23-20(25)16-6-1-2-7-17(16)21(23)26/h1-8,13H,9-12H2,(H,22,24). The molecule has 136 valence electrons. The van der Waals surface area contributed by atoms with Gasteiger partial charge in [-0.2, -0.15) is 0 Å². The molecule has 0 saturated carbocycles. The Bertz CT molecular complexity index is 1000. The van der Waals surface area contributed by atoms with Gasteiger partial charge in [-0.1, -0.05) is 30.3 Å². The SMILES string of the molecule is O=C(CCN1C(=O)c2ccccc2C1=O)NCCc1coc2ccccc12. The van der Waals surface area contributed by atoms with Crippen molar-refractivity contribution in [1.29, 1.82) is 0 Å². The molecule has 2 aromatic carbocycles. The van der Waals surface area contributed by atoms with Gasteiger partial charge in [0.25, 0.3) is 11.8 Å². The van der Waals surface area contributed by atoms with Crippen LogP contribution in [0, 0.1) is 0 Å². The predicted molar refractivity (Wildman–Crippen MR) is 99.4 cm³/mol. The second kappa shape index (κ2) is 7.07. The molecule has 2 heterocycles. The number of hydrogen-bond donors (Lipinski definition) is 1. The number of amides is 3. The molecule has 1 aliphatic rings. The van der Waals surface area contributed by atoms with E-state index in [-0.39, 0.29) is 30.7 Å². The molecule has 4 rings (SSSR count). The summed E-state index contributed by atoms with van der Waals surface area (Å²) in [6.45, 7) is 0.539. The first-order chi connectivity index (χ1) is 13.1. The van der Waals surface area contributed by atoms with Crippen LogP contribution in [0.15, 0.2) is 59.2 Å². The summed E-state index contributed by atoms with van der Waals surface area (Å²) in [5, 5.41) is 3.87. The van der Waals surface area contributed by atoms with E-state index < -0.39 is 0 Å². The van der Waals surface area contributed by atoms with Crippen molar-refractivity contribution in [2.45, 2.75) is 12.8 Å². The molecule has 0 atom stereocenters. The molecule has 0 fully saturated rings. The molecular formula is C21H18N2O4. The fraction of sp³-hybridized carbons (Fsp3) is 0.190. The first kappa shape index (κ1) is 17.0. The van der Waals surface area contributed by atoms with Gasteiger partial charge >= 0.3 is 0 Å². The van der Waals surface area contributed by atoms with E-state index in [2.05, 4.69) is 5.32 Å². The topological polar surface area (TPSA) is 79.6 Å². The second-order valence-corrected chi connectivity index (χ2v) is 6.41. The highest BCUT2D eigenvalue weighted by atomic mass is 16.3. The number of nitrogens with one attached hydrogen (secondary N) is 1. The molecule has 1 N–H and O–H groups in total. The highest BCUT2D eigenvalue weighted by Gasteiger charge is 2.34. The number of fused-ring (bicyclic) bond motifs is 2. The Morgan fingerprint density at radius 2 is 1.63 bits per heavy atom. The average molecular weight is 362 g/mol. The number of carbonyl (C=O) groups is 3. The molecule has 27 heavy (non-hydrogen) atoms.